The van der Waals surface area contributed by atoms with Gasteiger partial charge < -0.3 is 24.3 Å². The summed E-state index contributed by atoms with van der Waals surface area (Å²) < 4.78 is 12.4. The van der Waals surface area contributed by atoms with Gasteiger partial charge in [-0.1, -0.05) is 0 Å². The molecule has 4 rings (SSSR count). The molecule has 1 N–H and O–H groups in total. The molecule has 1 fully saturated rings. The number of carbonyl (C=O) groups excluding carboxylic acids is 2. The van der Waals surface area contributed by atoms with Crippen LogP contribution in [0.15, 0.2) is 36.5 Å². The van der Waals surface area contributed by atoms with E-state index in [1.165, 1.54) is 0 Å². The zero-order chi connectivity index (χ0) is 16.7. The van der Waals surface area contributed by atoms with Gasteiger partial charge in [-0.2, -0.15) is 0 Å². The molecule has 7 nitrogen and oxygen atoms in total. The first-order valence-electron chi connectivity index (χ1n) is 7.74. The Morgan fingerprint density at radius 1 is 1.25 bits per heavy atom. The number of hydrogen-bond acceptors (Lipinski definition) is 4. The summed E-state index contributed by atoms with van der Waals surface area (Å²) in [4.78, 5) is 26.3. The van der Waals surface area contributed by atoms with Crippen molar-refractivity contribution in [3.63, 3.8) is 0 Å². The number of hydrogen-bond donors (Lipinski definition) is 1. The molecule has 0 bridgehead atoms. The highest BCUT2D eigenvalue weighted by Crippen LogP contribution is 2.36. The minimum absolute atomic E-state index is 0.0222. The maximum Gasteiger partial charge on any atom is 0.268 e. The van der Waals surface area contributed by atoms with Crippen molar-refractivity contribution < 1.29 is 19.1 Å². The third kappa shape index (κ3) is 2.47. The van der Waals surface area contributed by atoms with Crippen molar-refractivity contribution in [1.82, 2.24) is 9.88 Å². The quantitative estimate of drug-likeness (QED) is 0.922. The summed E-state index contributed by atoms with van der Waals surface area (Å²) in [6.45, 7) is 0.636. The third-order valence-electron chi connectivity index (χ3n) is 4.30. The van der Waals surface area contributed by atoms with E-state index in [0.717, 1.165) is 5.69 Å². The van der Waals surface area contributed by atoms with Crippen LogP contribution in [0.4, 0.5) is 5.69 Å². The number of rotatable bonds is 3. The zero-order valence-corrected chi connectivity index (χ0v) is 13.2. The van der Waals surface area contributed by atoms with Crippen molar-refractivity contribution in [2.24, 2.45) is 7.05 Å². The molecular weight excluding hydrogens is 310 g/mol. The van der Waals surface area contributed by atoms with E-state index >= 15 is 0 Å². The Labute approximate surface area is 138 Å². The minimum Gasteiger partial charge on any atom is -0.454 e. The van der Waals surface area contributed by atoms with Crippen LogP contribution in [0.5, 0.6) is 11.5 Å². The lowest BCUT2D eigenvalue weighted by Crippen LogP contribution is -2.37. The van der Waals surface area contributed by atoms with Crippen LogP contribution in [-0.4, -0.2) is 35.8 Å². The van der Waals surface area contributed by atoms with Gasteiger partial charge in [0, 0.05) is 38.0 Å². The standard InChI is InChI=1S/C17H17N3O4/c1-19-6-2-3-13(19)17(22)18-11-7-16(21)20(9-11)12-4-5-14-15(8-12)24-10-23-14/h2-6,8,11H,7,9-10H2,1H3,(H,18,22). The SMILES string of the molecule is Cn1cccc1C(=O)NC1CC(=O)N(c2ccc3c(c2)OCO3)C1. The fraction of sp³-hybridized carbons (Fsp3) is 0.294. The van der Waals surface area contributed by atoms with Gasteiger partial charge in [-0.25, -0.2) is 0 Å². The van der Waals surface area contributed by atoms with Crippen molar-refractivity contribution in [2.75, 3.05) is 18.2 Å². The number of aryl methyl sites for hydroxylation is 1. The summed E-state index contributed by atoms with van der Waals surface area (Å²) in [5.41, 5.74) is 1.32. The molecule has 3 heterocycles. The molecule has 1 saturated heterocycles. The lowest BCUT2D eigenvalue weighted by Gasteiger charge is -2.17. The molecule has 2 aliphatic rings. The van der Waals surface area contributed by atoms with E-state index in [9.17, 15) is 9.59 Å². The van der Waals surface area contributed by atoms with Crippen molar-refractivity contribution in [3.05, 3.63) is 42.2 Å². The number of carbonyl (C=O) groups is 2. The molecule has 2 aliphatic heterocycles. The molecule has 0 saturated carbocycles. The Hall–Kier alpha value is -2.96. The molecule has 1 atom stereocenters. The van der Waals surface area contributed by atoms with E-state index in [2.05, 4.69) is 5.32 Å². The molecule has 24 heavy (non-hydrogen) atoms. The number of anilines is 1. The van der Waals surface area contributed by atoms with Crippen LogP contribution in [0.3, 0.4) is 0 Å². The van der Waals surface area contributed by atoms with E-state index in [-0.39, 0.29) is 31.1 Å². The van der Waals surface area contributed by atoms with Gasteiger partial charge in [-0.3, -0.25) is 9.59 Å². The maximum absolute atomic E-state index is 12.3. The van der Waals surface area contributed by atoms with Gasteiger partial charge in [-0.05, 0) is 24.3 Å². The fourth-order valence-electron chi connectivity index (χ4n) is 3.06. The van der Waals surface area contributed by atoms with Crippen LogP contribution in [0.2, 0.25) is 0 Å². The van der Waals surface area contributed by atoms with Crippen LogP contribution < -0.4 is 19.7 Å². The van der Waals surface area contributed by atoms with Crippen LogP contribution >= 0.6 is 0 Å². The van der Waals surface area contributed by atoms with Crippen molar-refractivity contribution in [3.8, 4) is 11.5 Å². The first kappa shape index (κ1) is 14.6. The first-order chi connectivity index (χ1) is 11.6. The summed E-state index contributed by atoms with van der Waals surface area (Å²) in [7, 11) is 1.81. The number of nitrogens with zero attached hydrogens (tertiary/aromatic N) is 2. The van der Waals surface area contributed by atoms with E-state index < -0.39 is 0 Å². The first-order valence-corrected chi connectivity index (χ1v) is 7.74. The number of ether oxygens (including phenoxy) is 2. The highest BCUT2D eigenvalue weighted by molar-refractivity contribution is 5.98. The molecule has 0 radical (unpaired) electrons. The zero-order valence-electron chi connectivity index (χ0n) is 13.2. The Bertz CT molecular complexity index is 814. The normalized spacial score (nSPS) is 19.0. The average molecular weight is 327 g/mol. The second-order valence-corrected chi connectivity index (χ2v) is 5.92. The van der Waals surface area contributed by atoms with E-state index in [1.807, 2.05) is 25.4 Å². The Morgan fingerprint density at radius 2 is 2.08 bits per heavy atom. The maximum atomic E-state index is 12.3. The molecule has 0 spiro atoms. The predicted octanol–water partition coefficient (Wildman–Crippen LogP) is 1.29. The Morgan fingerprint density at radius 3 is 2.88 bits per heavy atom. The molecular formula is C17H17N3O4. The van der Waals surface area contributed by atoms with Crippen LogP contribution in [0.1, 0.15) is 16.9 Å². The minimum atomic E-state index is -0.217. The van der Waals surface area contributed by atoms with Gasteiger partial charge in [0.2, 0.25) is 12.7 Å². The van der Waals surface area contributed by atoms with Gasteiger partial charge >= 0.3 is 0 Å². The summed E-state index contributed by atoms with van der Waals surface area (Å²) in [5.74, 6) is 1.12. The van der Waals surface area contributed by atoms with Gasteiger partial charge in [0.25, 0.3) is 5.91 Å². The highest BCUT2D eigenvalue weighted by atomic mass is 16.7. The van der Waals surface area contributed by atoms with Gasteiger partial charge in [0.1, 0.15) is 5.69 Å². The number of fused-ring (bicyclic) bond motifs is 1. The predicted molar refractivity (Wildman–Crippen MR) is 86.2 cm³/mol. The van der Waals surface area contributed by atoms with Crippen LogP contribution in [0.25, 0.3) is 0 Å². The third-order valence-corrected chi connectivity index (χ3v) is 4.30. The smallest absolute Gasteiger partial charge is 0.268 e. The van der Waals surface area contributed by atoms with Crippen LogP contribution in [0, 0.1) is 0 Å². The molecule has 1 aromatic carbocycles. The lowest BCUT2D eigenvalue weighted by molar-refractivity contribution is -0.117. The molecule has 2 aromatic rings. The largest absolute Gasteiger partial charge is 0.454 e. The monoisotopic (exact) mass is 327 g/mol. The van der Waals surface area contributed by atoms with Crippen molar-refractivity contribution in [1.29, 1.82) is 0 Å². The highest BCUT2D eigenvalue weighted by Gasteiger charge is 2.32. The van der Waals surface area contributed by atoms with Gasteiger partial charge in [0.05, 0.1) is 6.04 Å². The van der Waals surface area contributed by atoms with Crippen molar-refractivity contribution in [2.45, 2.75) is 12.5 Å². The Kier molecular flexibility index (Phi) is 3.41. The summed E-state index contributed by atoms with van der Waals surface area (Å²) in [6, 6.07) is 8.76. The molecule has 1 unspecified atom stereocenters. The second-order valence-electron chi connectivity index (χ2n) is 5.92. The topological polar surface area (TPSA) is 72.8 Å². The van der Waals surface area contributed by atoms with Gasteiger partial charge in [0.15, 0.2) is 11.5 Å². The lowest BCUT2D eigenvalue weighted by atomic mass is 10.2. The van der Waals surface area contributed by atoms with Gasteiger partial charge in [-0.15, -0.1) is 0 Å². The molecule has 7 heteroatoms. The summed E-state index contributed by atoms with van der Waals surface area (Å²) in [6.07, 6.45) is 2.10. The number of nitrogens with one attached hydrogen (secondary N) is 1. The second kappa shape index (κ2) is 5.59. The number of amides is 2. The van der Waals surface area contributed by atoms with Crippen molar-refractivity contribution >= 4 is 17.5 Å². The molecule has 1 aromatic heterocycles. The van der Waals surface area contributed by atoms with E-state index in [1.54, 1.807) is 27.7 Å². The number of benzene rings is 1. The average Bonchev–Trinajstić information content (AvgIpc) is 3.26. The fourth-order valence-corrected chi connectivity index (χ4v) is 3.06. The molecule has 124 valence electrons. The summed E-state index contributed by atoms with van der Waals surface area (Å²) in [5, 5.41) is 2.93. The number of aromatic nitrogens is 1. The molecule has 0 aliphatic carbocycles. The molecule has 2 amide bonds. The van der Waals surface area contributed by atoms with E-state index in [0.29, 0.717) is 23.7 Å². The van der Waals surface area contributed by atoms with Crippen LogP contribution in [-0.2, 0) is 11.8 Å². The Balaban J connectivity index is 1.47. The van der Waals surface area contributed by atoms with E-state index in [4.69, 9.17) is 9.47 Å². The summed E-state index contributed by atoms with van der Waals surface area (Å²) >= 11 is 0.